The van der Waals surface area contributed by atoms with Crippen LogP contribution in [0.1, 0.15) is 31.5 Å². The van der Waals surface area contributed by atoms with E-state index in [4.69, 9.17) is 4.74 Å². The lowest BCUT2D eigenvalue weighted by Gasteiger charge is -2.27. The Morgan fingerprint density at radius 3 is 2.48 bits per heavy atom. The Morgan fingerprint density at radius 1 is 1.10 bits per heavy atom. The van der Waals surface area contributed by atoms with Crippen molar-refractivity contribution in [1.29, 1.82) is 0 Å². The van der Waals surface area contributed by atoms with E-state index in [1.165, 1.54) is 11.4 Å². The van der Waals surface area contributed by atoms with Gasteiger partial charge in [-0.25, -0.2) is 13.4 Å². The van der Waals surface area contributed by atoms with Crippen molar-refractivity contribution in [3.63, 3.8) is 0 Å². The van der Waals surface area contributed by atoms with Crippen molar-refractivity contribution in [2.24, 2.45) is 0 Å². The van der Waals surface area contributed by atoms with Crippen LogP contribution in [0.25, 0.3) is 10.9 Å². The number of ether oxygens (including phenoxy) is 1. The molecule has 0 bridgehead atoms. The van der Waals surface area contributed by atoms with Crippen LogP contribution in [0.5, 0.6) is 5.75 Å². The number of nitrogens with zero attached hydrogens (tertiary/aromatic N) is 2. The van der Waals surface area contributed by atoms with Crippen LogP contribution in [0.15, 0.2) is 58.2 Å². The molecule has 1 aliphatic carbocycles. The highest BCUT2D eigenvalue weighted by Crippen LogP contribution is 2.30. The van der Waals surface area contributed by atoms with E-state index in [9.17, 15) is 13.2 Å². The first-order valence-electron chi connectivity index (χ1n) is 9.63. The molecule has 0 atom stereocenters. The van der Waals surface area contributed by atoms with Gasteiger partial charge < -0.3 is 9.72 Å². The molecule has 4 rings (SSSR count). The van der Waals surface area contributed by atoms with E-state index in [-0.39, 0.29) is 23.0 Å². The first kappa shape index (κ1) is 19.6. The van der Waals surface area contributed by atoms with Gasteiger partial charge in [-0.15, -0.1) is 0 Å². The number of fused-ring (bicyclic) bond motifs is 1. The quantitative estimate of drug-likeness (QED) is 0.670. The van der Waals surface area contributed by atoms with Crippen LogP contribution in [0, 0.1) is 0 Å². The van der Waals surface area contributed by atoms with Crippen molar-refractivity contribution < 1.29 is 13.2 Å². The van der Waals surface area contributed by atoms with Crippen molar-refractivity contribution in [3.05, 3.63) is 64.7 Å². The van der Waals surface area contributed by atoms with Crippen molar-refractivity contribution in [1.82, 2.24) is 14.3 Å². The number of H-pyrrole nitrogens is 1. The second kappa shape index (κ2) is 7.96. The summed E-state index contributed by atoms with van der Waals surface area (Å²) in [7, 11) is -2.22. The summed E-state index contributed by atoms with van der Waals surface area (Å²) < 4.78 is 33.5. The van der Waals surface area contributed by atoms with Gasteiger partial charge in [0.2, 0.25) is 10.0 Å². The molecule has 0 amide bonds. The molecule has 1 fully saturated rings. The highest BCUT2D eigenvalue weighted by molar-refractivity contribution is 7.89. The van der Waals surface area contributed by atoms with Gasteiger partial charge in [-0.05, 0) is 49.2 Å². The first-order chi connectivity index (χ1) is 14.0. The van der Waals surface area contributed by atoms with Gasteiger partial charge in [0.15, 0.2) is 0 Å². The summed E-state index contributed by atoms with van der Waals surface area (Å²) in [6, 6.07) is 13.3. The Hall–Kier alpha value is -2.71. The fourth-order valence-electron chi connectivity index (χ4n) is 3.84. The molecule has 1 N–H and O–H groups in total. The van der Waals surface area contributed by atoms with Crippen molar-refractivity contribution in [2.45, 2.75) is 43.2 Å². The standard InChI is InChI=1S/C21H23N3O4S/c1-28-16-10-12-17(13-11-16)29(26,27)24(15-6-2-3-7-15)14-20-22-19-9-5-4-8-18(19)21(25)23-20/h4-5,8-13,15H,2-3,6-7,14H2,1H3,(H,22,23,25). The molecule has 0 saturated heterocycles. The predicted molar refractivity (Wildman–Crippen MR) is 110 cm³/mol. The van der Waals surface area contributed by atoms with Gasteiger partial charge in [0, 0.05) is 6.04 Å². The summed E-state index contributed by atoms with van der Waals surface area (Å²) in [4.78, 5) is 19.9. The second-order valence-corrected chi connectivity index (χ2v) is 9.08. The topological polar surface area (TPSA) is 92.4 Å². The van der Waals surface area contributed by atoms with Gasteiger partial charge >= 0.3 is 0 Å². The molecule has 2 aromatic carbocycles. The third-order valence-corrected chi connectivity index (χ3v) is 7.28. The number of methoxy groups -OCH3 is 1. The Kier molecular flexibility index (Phi) is 5.38. The fourth-order valence-corrected chi connectivity index (χ4v) is 5.49. The zero-order valence-corrected chi connectivity index (χ0v) is 17.0. The first-order valence-corrected chi connectivity index (χ1v) is 11.1. The molecular formula is C21H23N3O4S. The average molecular weight is 413 g/mol. The number of nitrogens with one attached hydrogen (secondary N) is 1. The average Bonchev–Trinajstić information content (AvgIpc) is 3.26. The van der Waals surface area contributed by atoms with Gasteiger partial charge in [0.25, 0.3) is 5.56 Å². The number of aromatic amines is 1. The van der Waals surface area contributed by atoms with Crippen LogP contribution < -0.4 is 10.3 Å². The van der Waals surface area contributed by atoms with Crippen LogP contribution in [0.2, 0.25) is 0 Å². The van der Waals surface area contributed by atoms with Gasteiger partial charge in [-0.1, -0.05) is 25.0 Å². The SMILES string of the molecule is COc1ccc(S(=O)(=O)N(Cc2nc3ccccc3c(=O)[nH]2)C2CCCC2)cc1. The highest BCUT2D eigenvalue weighted by Gasteiger charge is 2.34. The van der Waals surface area contributed by atoms with E-state index in [1.54, 1.807) is 48.5 Å². The summed E-state index contributed by atoms with van der Waals surface area (Å²) in [5.41, 5.74) is 0.290. The van der Waals surface area contributed by atoms with Crippen molar-refractivity contribution >= 4 is 20.9 Å². The lowest BCUT2D eigenvalue weighted by molar-refractivity contribution is 0.310. The van der Waals surface area contributed by atoms with Crippen molar-refractivity contribution in [3.8, 4) is 5.75 Å². The summed E-state index contributed by atoms with van der Waals surface area (Å²) in [5.74, 6) is 0.939. The normalized spacial score (nSPS) is 15.2. The van der Waals surface area contributed by atoms with Crippen LogP contribution in [0.4, 0.5) is 0 Å². The molecule has 8 heteroatoms. The number of sulfonamides is 1. The van der Waals surface area contributed by atoms with E-state index in [1.807, 2.05) is 0 Å². The number of benzene rings is 2. The smallest absolute Gasteiger partial charge is 0.258 e. The molecule has 0 unspecified atom stereocenters. The number of hydrogen-bond acceptors (Lipinski definition) is 5. The van der Waals surface area contributed by atoms with Crippen LogP contribution in [-0.4, -0.2) is 35.8 Å². The molecule has 152 valence electrons. The molecule has 0 spiro atoms. The minimum Gasteiger partial charge on any atom is -0.497 e. The molecule has 1 aromatic heterocycles. The monoisotopic (exact) mass is 413 g/mol. The number of hydrogen-bond donors (Lipinski definition) is 1. The van der Waals surface area contributed by atoms with Crippen molar-refractivity contribution in [2.75, 3.05) is 7.11 Å². The summed E-state index contributed by atoms with van der Waals surface area (Å²) in [5, 5.41) is 0.488. The molecule has 1 saturated carbocycles. The van der Waals surface area contributed by atoms with Gasteiger partial charge in [0.1, 0.15) is 11.6 Å². The second-order valence-electron chi connectivity index (χ2n) is 7.19. The largest absolute Gasteiger partial charge is 0.497 e. The Balaban J connectivity index is 1.73. The molecule has 1 aliphatic rings. The van der Waals surface area contributed by atoms with E-state index in [0.717, 1.165) is 25.7 Å². The molecular weight excluding hydrogens is 390 g/mol. The molecule has 7 nitrogen and oxygen atoms in total. The Morgan fingerprint density at radius 2 is 1.79 bits per heavy atom. The van der Waals surface area contributed by atoms with E-state index in [0.29, 0.717) is 22.5 Å². The maximum Gasteiger partial charge on any atom is 0.258 e. The molecule has 0 radical (unpaired) electrons. The lowest BCUT2D eigenvalue weighted by atomic mass is 10.2. The highest BCUT2D eigenvalue weighted by atomic mass is 32.2. The maximum atomic E-state index is 13.4. The maximum absolute atomic E-state index is 13.4. The Labute approximate surface area is 169 Å². The number of rotatable bonds is 6. The molecule has 0 aliphatic heterocycles. The van der Waals surface area contributed by atoms with E-state index >= 15 is 0 Å². The minimum atomic E-state index is -3.76. The van der Waals surface area contributed by atoms with Gasteiger partial charge in [-0.2, -0.15) is 4.31 Å². The predicted octanol–water partition coefficient (Wildman–Crippen LogP) is 3.07. The van der Waals surface area contributed by atoms with E-state index in [2.05, 4.69) is 9.97 Å². The number of aromatic nitrogens is 2. The van der Waals surface area contributed by atoms with Gasteiger partial charge in [-0.3, -0.25) is 4.79 Å². The summed E-state index contributed by atoms with van der Waals surface area (Å²) >= 11 is 0. The third-order valence-electron chi connectivity index (χ3n) is 5.37. The van der Waals surface area contributed by atoms with Crippen LogP contribution in [0.3, 0.4) is 0 Å². The van der Waals surface area contributed by atoms with Gasteiger partial charge in [0.05, 0.1) is 29.5 Å². The fraction of sp³-hybridized carbons (Fsp3) is 0.333. The minimum absolute atomic E-state index is 0.0269. The third kappa shape index (κ3) is 3.90. The molecule has 1 heterocycles. The summed E-state index contributed by atoms with van der Waals surface area (Å²) in [6.45, 7) is 0.0269. The van der Waals surface area contributed by atoms with Crippen LogP contribution >= 0.6 is 0 Å². The zero-order valence-electron chi connectivity index (χ0n) is 16.2. The molecule has 3 aromatic rings. The molecule has 29 heavy (non-hydrogen) atoms. The number of para-hydroxylation sites is 1. The lowest BCUT2D eigenvalue weighted by Crippen LogP contribution is -2.39. The van der Waals surface area contributed by atoms with Crippen LogP contribution in [-0.2, 0) is 16.6 Å². The summed E-state index contributed by atoms with van der Waals surface area (Å²) in [6.07, 6.45) is 3.57. The Bertz CT molecular complexity index is 1170. The zero-order chi connectivity index (χ0) is 20.4. The van der Waals surface area contributed by atoms with E-state index < -0.39 is 10.0 Å².